The van der Waals surface area contributed by atoms with Gasteiger partial charge in [-0.1, -0.05) is 18.2 Å². The number of aliphatic hydroxyl groups excluding tert-OH is 1. The van der Waals surface area contributed by atoms with Crippen LogP contribution < -0.4 is 4.74 Å². The molecular formula is C16H14FNO2. The van der Waals surface area contributed by atoms with Crippen molar-refractivity contribution in [1.29, 1.82) is 5.26 Å². The monoisotopic (exact) mass is 271 g/mol. The van der Waals surface area contributed by atoms with Gasteiger partial charge in [0.1, 0.15) is 18.2 Å². The zero-order chi connectivity index (χ0) is 14.5. The first-order chi connectivity index (χ1) is 9.60. The molecule has 0 unspecified atom stereocenters. The van der Waals surface area contributed by atoms with Crippen LogP contribution in [0.5, 0.6) is 5.75 Å². The normalized spacial score (nSPS) is 11.7. The molecule has 1 atom stereocenters. The van der Waals surface area contributed by atoms with Crippen LogP contribution in [-0.2, 0) is 6.61 Å². The number of hydrogen-bond acceptors (Lipinski definition) is 3. The Morgan fingerprint density at radius 3 is 2.75 bits per heavy atom. The largest absolute Gasteiger partial charge is 0.489 e. The number of aliphatic hydroxyl groups is 1. The van der Waals surface area contributed by atoms with Crippen molar-refractivity contribution in [2.24, 2.45) is 0 Å². The molecule has 2 rings (SSSR count). The van der Waals surface area contributed by atoms with Gasteiger partial charge in [-0.05, 0) is 36.8 Å². The van der Waals surface area contributed by atoms with Crippen LogP contribution in [0.25, 0.3) is 0 Å². The van der Waals surface area contributed by atoms with Gasteiger partial charge in [-0.3, -0.25) is 0 Å². The quantitative estimate of drug-likeness (QED) is 0.928. The summed E-state index contributed by atoms with van der Waals surface area (Å²) in [6, 6.07) is 13.2. The molecule has 0 saturated carbocycles. The summed E-state index contributed by atoms with van der Waals surface area (Å²) >= 11 is 0. The summed E-state index contributed by atoms with van der Waals surface area (Å²) in [5.41, 5.74) is 1.40. The van der Waals surface area contributed by atoms with Crippen LogP contribution >= 0.6 is 0 Å². The molecule has 0 aliphatic rings. The fourth-order valence-electron chi connectivity index (χ4n) is 1.76. The molecule has 20 heavy (non-hydrogen) atoms. The molecule has 0 aliphatic heterocycles. The number of nitriles is 1. The highest BCUT2D eigenvalue weighted by molar-refractivity contribution is 5.33. The molecule has 2 aromatic rings. The molecule has 0 aliphatic carbocycles. The van der Waals surface area contributed by atoms with Gasteiger partial charge in [0.15, 0.2) is 0 Å². The van der Waals surface area contributed by atoms with E-state index in [1.807, 2.05) is 6.07 Å². The van der Waals surface area contributed by atoms with Crippen molar-refractivity contribution < 1.29 is 14.2 Å². The first-order valence-corrected chi connectivity index (χ1v) is 6.19. The molecular weight excluding hydrogens is 257 g/mol. The lowest BCUT2D eigenvalue weighted by atomic mass is 10.1. The Morgan fingerprint density at radius 2 is 2.10 bits per heavy atom. The molecule has 0 fully saturated rings. The van der Waals surface area contributed by atoms with Gasteiger partial charge in [-0.15, -0.1) is 0 Å². The Bertz CT molecular complexity index is 647. The van der Waals surface area contributed by atoms with Gasteiger partial charge in [0, 0.05) is 5.56 Å². The Kier molecular flexibility index (Phi) is 4.34. The molecule has 0 spiro atoms. The second-order valence-corrected chi connectivity index (χ2v) is 4.46. The molecule has 4 heteroatoms. The van der Waals surface area contributed by atoms with Crippen LogP contribution in [0.2, 0.25) is 0 Å². The molecule has 0 saturated heterocycles. The van der Waals surface area contributed by atoms with Crippen molar-refractivity contribution in [3.63, 3.8) is 0 Å². The summed E-state index contributed by atoms with van der Waals surface area (Å²) in [7, 11) is 0. The number of nitrogens with zero attached hydrogens (tertiary/aromatic N) is 1. The number of ether oxygens (including phenoxy) is 1. The van der Waals surface area contributed by atoms with E-state index in [1.54, 1.807) is 37.3 Å². The predicted octanol–water partition coefficient (Wildman–Crippen LogP) is 3.33. The average Bonchev–Trinajstić information content (AvgIpc) is 2.46. The molecule has 0 amide bonds. The standard InChI is InChI=1S/C16H14FNO2/c1-11(19)13-3-2-4-15(8-13)20-10-14-6-5-12(9-18)7-16(14)17/h2-8,11,19H,10H2,1H3/t11-/m1/s1. The maximum Gasteiger partial charge on any atom is 0.131 e. The highest BCUT2D eigenvalue weighted by atomic mass is 19.1. The Morgan fingerprint density at radius 1 is 1.30 bits per heavy atom. The summed E-state index contributed by atoms with van der Waals surface area (Å²) in [5.74, 6) is 0.0999. The van der Waals surface area contributed by atoms with Gasteiger partial charge >= 0.3 is 0 Å². The smallest absolute Gasteiger partial charge is 0.131 e. The van der Waals surface area contributed by atoms with Crippen molar-refractivity contribution in [2.75, 3.05) is 0 Å². The van der Waals surface area contributed by atoms with Crippen molar-refractivity contribution in [3.05, 3.63) is 65.0 Å². The topological polar surface area (TPSA) is 53.2 Å². The second kappa shape index (κ2) is 6.18. The minimum absolute atomic E-state index is 0.0702. The third-order valence-electron chi connectivity index (χ3n) is 2.92. The van der Waals surface area contributed by atoms with Gasteiger partial charge in [-0.25, -0.2) is 4.39 Å². The molecule has 0 radical (unpaired) electrons. The molecule has 3 nitrogen and oxygen atoms in total. The van der Waals surface area contributed by atoms with Crippen LogP contribution in [0.4, 0.5) is 4.39 Å². The van der Waals surface area contributed by atoms with E-state index in [-0.39, 0.29) is 12.2 Å². The van der Waals surface area contributed by atoms with Crippen molar-refractivity contribution in [1.82, 2.24) is 0 Å². The first-order valence-electron chi connectivity index (χ1n) is 6.19. The molecule has 1 N–H and O–H groups in total. The average molecular weight is 271 g/mol. The van der Waals surface area contributed by atoms with Crippen LogP contribution in [0, 0.1) is 17.1 Å². The lowest BCUT2D eigenvalue weighted by Crippen LogP contribution is -2.00. The maximum atomic E-state index is 13.7. The number of hydrogen-bond donors (Lipinski definition) is 1. The summed E-state index contributed by atoms with van der Waals surface area (Å²) in [6.45, 7) is 1.74. The number of halogens is 1. The van der Waals surface area contributed by atoms with Gasteiger partial charge < -0.3 is 9.84 Å². The van der Waals surface area contributed by atoms with Crippen LogP contribution in [0.1, 0.15) is 29.7 Å². The number of rotatable bonds is 4. The fourth-order valence-corrected chi connectivity index (χ4v) is 1.76. The van der Waals surface area contributed by atoms with E-state index in [4.69, 9.17) is 10.00 Å². The third-order valence-corrected chi connectivity index (χ3v) is 2.92. The van der Waals surface area contributed by atoms with E-state index in [9.17, 15) is 9.50 Å². The van der Waals surface area contributed by atoms with Gasteiger partial charge in [0.05, 0.1) is 17.7 Å². The fraction of sp³-hybridized carbons (Fsp3) is 0.188. The zero-order valence-electron chi connectivity index (χ0n) is 11.0. The van der Waals surface area contributed by atoms with Crippen molar-refractivity contribution in [2.45, 2.75) is 19.6 Å². The summed E-state index contributed by atoms with van der Waals surface area (Å²) in [4.78, 5) is 0. The third kappa shape index (κ3) is 3.34. The summed E-state index contributed by atoms with van der Waals surface area (Å²) in [6.07, 6.45) is -0.579. The van der Waals surface area contributed by atoms with Gasteiger partial charge in [-0.2, -0.15) is 5.26 Å². The van der Waals surface area contributed by atoms with Crippen molar-refractivity contribution in [3.8, 4) is 11.8 Å². The highest BCUT2D eigenvalue weighted by Gasteiger charge is 2.06. The Hall–Kier alpha value is -2.38. The minimum Gasteiger partial charge on any atom is -0.489 e. The van der Waals surface area contributed by atoms with Gasteiger partial charge in [0.2, 0.25) is 0 Å². The molecule has 0 aromatic heterocycles. The van der Waals surface area contributed by atoms with Crippen LogP contribution in [0.3, 0.4) is 0 Å². The lowest BCUT2D eigenvalue weighted by molar-refractivity contribution is 0.198. The van der Waals surface area contributed by atoms with E-state index in [2.05, 4.69) is 0 Å². The predicted molar refractivity (Wildman–Crippen MR) is 72.5 cm³/mol. The van der Waals surface area contributed by atoms with Crippen LogP contribution in [0.15, 0.2) is 42.5 Å². The number of benzene rings is 2. The summed E-state index contributed by atoms with van der Waals surface area (Å²) < 4.78 is 19.2. The Balaban J connectivity index is 2.09. The SMILES string of the molecule is C[C@@H](O)c1cccc(OCc2ccc(C#N)cc2F)c1. The van der Waals surface area contributed by atoms with Crippen LogP contribution in [-0.4, -0.2) is 5.11 Å². The Labute approximate surface area is 116 Å². The molecule has 0 bridgehead atoms. The zero-order valence-corrected chi connectivity index (χ0v) is 11.0. The first kappa shape index (κ1) is 14.0. The van der Waals surface area contributed by atoms with E-state index >= 15 is 0 Å². The minimum atomic E-state index is -0.579. The van der Waals surface area contributed by atoms with Gasteiger partial charge in [0.25, 0.3) is 0 Å². The molecule has 102 valence electrons. The van der Waals surface area contributed by atoms with Crippen molar-refractivity contribution >= 4 is 0 Å². The molecule has 2 aromatic carbocycles. The summed E-state index contributed by atoms with van der Waals surface area (Å²) in [5, 5.41) is 18.2. The molecule has 0 heterocycles. The van der Waals surface area contributed by atoms with E-state index in [1.165, 1.54) is 12.1 Å². The van der Waals surface area contributed by atoms with E-state index in [0.29, 0.717) is 11.3 Å². The maximum absolute atomic E-state index is 13.7. The van der Waals surface area contributed by atoms with E-state index < -0.39 is 11.9 Å². The lowest BCUT2D eigenvalue weighted by Gasteiger charge is -2.10. The highest BCUT2D eigenvalue weighted by Crippen LogP contribution is 2.20. The second-order valence-electron chi connectivity index (χ2n) is 4.46. The van der Waals surface area contributed by atoms with E-state index in [0.717, 1.165) is 5.56 Å².